The normalized spacial score (nSPS) is 10.3. The van der Waals surface area contributed by atoms with Gasteiger partial charge in [-0.15, -0.1) is 11.3 Å². The first kappa shape index (κ1) is 16.2. The van der Waals surface area contributed by atoms with Crippen molar-refractivity contribution in [1.29, 1.82) is 0 Å². The molecule has 0 fully saturated rings. The predicted octanol–water partition coefficient (Wildman–Crippen LogP) is 1.94. The summed E-state index contributed by atoms with van der Waals surface area (Å²) < 4.78 is 4.70. The van der Waals surface area contributed by atoms with Gasteiger partial charge in [-0.05, 0) is 26.3 Å². The number of amides is 2. The number of carbonyl (C=O) groups excluding carboxylic acids is 3. The Labute approximate surface area is 121 Å². The van der Waals surface area contributed by atoms with Gasteiger partial charge in [0.2, 0.25) is 5.91 Å². The highest BCUT2D eigenvalue weighted by Gasteiger charge is 2.25. The molecule has 0 saturated carbocycles. The van der Waals surface area contributed by atoms with Crippen molar-refractivity contribution >= 4 is 34.1 Å². The van der Waals surface area contributed by atoms with Crippen molar-refractivity contribution in [2.45, 2.75) is 33.7 Å². The molecule has 6 nitrogen and oxygen atoms in total. The van der Waals surface area contributed by atoms with Crippen molar-refractivity contribution in [2.75, 3.05) is 12.4 Å². The zero-order valence-electron chi connectivity index (χ0n) is 12.1. The molecule has 1 aromatic rings. The number of ether oxygens (including phenoxy) is 1. The molecule has 0 saturated heterocycles. The van der Waals surface area contributed by atoms with E-state index in [1.165, 1.54) is 14.0 Å². The third kappa shape index (κ3) is 3.57. The van der Waals surface area contributed by atoms with Gasteiger partial charge < -0.3 is 15.4 Å². The third-order valence-electron chi connectivity index (χ3n) is 2.45. The molecule has 7 heteroatoms. The van der Waals surface area contributed by atoms with Crippen LogP contribution in [0.4, 0.5) is 5.00 Å². The summed E-state index contributed by atoms with van der Waals surface area (Å²) in [5, 5.41) is 5.64. The fourth-order valence-electron chi connectivity index (χ4n) is 1.65. The highest BCUT2D eigenvalue weighted by atomic mass is 32.1. The average molecular weight is 298 g/mol. The van der Waals surface area contributed by atoms with Crippen molar-refractivity contribution in [3.05, 3.63) is 16.0 Å². The van der Waals surface area contributed by atoms with Gasteiger partial charge in [0.1, 0.15) is 5.00 Å². The Morgan fingerprint density at radius 3 is 2.30 bits per heavy atom. The highest BCUT2D eigenvalue weighted by molar-refractivity contribution is 7.18. The number of methoxy groups -OCH3 is 1. The zero-order chi connectivity index (χ0) is 15.4. The number of rotatable bonds is 4. The molecule has 1 aromatic heterocycles. The molecule has 0 unspecified atom stereocenters. The van der Waals surface area contributed by atoms with E-state index in [2.05, 4.69) is 10.6 Å². The van der Waals surface area contributed by atoms with Crippen LogP contribution in [0.2, 0.25) is 0 Å². The topological polar surface area (TPSA) is 84.5 Å². The molecule has 110 valence electrons. The molecular formula is C13H18N2O4S. The molecule has 0 aromatic carbocycles. The van der Waals surface area contributed by atoms with Gasteiger partial charge in [-0.1, -0.05) is 0 Å². The second-order valence-electron chi connectivity index (χ2n) is 4.56. The maximum absolute atomic E-state index is 12.1. The van der Waals surface area contributed by atoms with E-state index in [1.807, 2.05) is 13.8 Å². The minimum Gasteiger partial charge on any atom is -0.465 e. The van der Waals surface area contributed by atoms with Gasteiger partial charge in [-0.25, -0.2) is 4.79 Å². The molecule has 1 heterocycles. The number of nitrogens with one attached hydrogen (secondary N) is 2. The largest absolute Gasteiger partial charge is 0.465 e. The molecule has 0 aliphatic rings. The van der Waals surface area contributed by atoms with Crippen molar-refractivity contribution in [2.24, 2.45) is 0 Å². The molecule has 0 bridgehead atoms. The number of hydrogen-bond donors (Lipinski definition) is 2. The molecule has 0 radical (unpaired) electrons. The van der Waals surface area contributed by atoms with Crippen LogP contribution < -0.4 is 10.6 Å². The lowest BCUT2D eigenvalue weighted by Gasteiger charge is -2.07. The number of carbonyl (C=O) groups is 3. The summed E-state index contributed by atoms with van der Waals surface area (Å²) in [7, 11) is 1.25. The standard InChI is InChI=1S/C13H18N2O4S/c1-6(2)14-11(17)10-7(3)9(13(18)19-5)12(20-10)15-8(4)16/h6H,1-5H3,(H,14,17)(H,15,16). The van der Waals surface area contributed by atoms with Crippen LogP contribution in [0.25, 0.3) is 0 Å². The Kier molecular flexibility index (Phi) is 5.26. The number of esters is 1. The second-order valence-corrected chi connectivity index (χ2v) is 5.58. The van der Waals surface area contributed by atoms with E-state index in [1.54, 1.807) is 6.92 Å². The van der Waals surface area contributed by atoms with Crippen LogP contribution in [-0.2, 0) is 9.53 Å². The molecule has 0 aliphatic heterocycles. The fraction of sp³-hybridized carbons (Fsp3) is 0.462. The minimum atomic E-state index is -0.578. The minimum absolute atomic E-state index is 0.0187. The quantitative estimate of drug-likeness (QED) is 0.832. The van der Waals surface area contributed by atoms with Gasteiger partial charge in [-0.2, -0.15) is 0 Å². The van der Waals surface area contributed by atoms with E-state index >= 15 is 0 Å². The van der Waals surface area contributed by atoms with Crippen molar-refractivity contribution in [3.8, 4) is 0 Å². The van der Waals surface area contributed by atoms with E-state index in [0.29, 0.717) is 15.4 Å². The first-order valence-corrected chi connectivity index (χ1v) is 6.89. The van der Waals surface area contributed by atoms with Crippen molar-refractivity contribution in [1.82, 2.24) is 5.32 Å². The molecule has 0 atom stereocenters. The highest BCUT2D eigenvalue weighted by Crippen LogP contribution is 2.33. The summed E-state index contributed by atoms with van der Waals surface area (Å²) in [5.41, 5.74) is 0.727. The Balaban J connectivity index is 3.28. The van der Waals surface area contributed by atoms with Crippen molar-refractivity contribution in [3.63, 3.8) is 0 Å². The van der Waals surface area contributed by atoms with Crippen LogP contribution in [0, 0.1) is 6.92 Å². The maximum atomic E-state index is 12.1. The smallest absolute Gasteiger partial charge is 0.341 e. The Bertz CT molecular complexity index is 549. The van der Waals surface area contributed by atoms with Gasteiger partial charge in [0.15, 0.2) is 0 Å². The van der Waals surface area contributed by atoms with E-state index in [4.69, 9.17) is 4.74 Å². The SMILES string of the molecule is COC(=O)c1c(NC(C)=O)sc(C(=O)NC(C)C)c1C. The lowest BCUT2D eigenvalue weighted by atomic mass is 10.1. The monoisotopic (exact) mass is 298 g/mol. The van der Waals surface area contributed by atoms with E-state index in [0.717, 1.165) is 11.3 Å². The van der Waals surface area contributed by atoms with Crippen LogP contribution in [0.15, 0.2) is 0 Å². The van der Waals surface area contributed by atoms with Gasteiger partial charge in [0, 0.05) is 13.0 Å². The van der Waals surface area contributed by atoms with Gasteiger partial charge in [0.05, 0.1) is 17.6 Å². The summed E-state index contributed by atoms with van der Waals surface area (Å²) in [6.07, 6.45) is 0. The summed E-state index contributed by atoms with van der Waals surface area (Å²) >= 11 is 1.06. The molecule has 0 spiro atoms. The average Bonchev–Trinajstić information content (AvgIpc) is 2.63. The molecule has 0 aliphatic carbocycles. The molecule has 1 rings (SSSR count). The second kappa shape index (κ2) is 6.51. The Hall–Kier alpha value is -1.89. The van der Waals surface area contributed by atoms with Crippen molar-refractivity contribution < 1.29 is 19.1 Å². The Morgan fingerprint density at radius 1 is 1.25 bits per heavy atom. The summed E-state index contributed by atoms with van der Waals surface area (Å²) in [4.78, 5) is 35.4. The zero-order valence-corrected chi connectivity index (χ0v) is 12.9. The van der Waals surface area contributed by atoms with Crippen LogP contribution in [-0.4, -0.2) is 30.9 Å². The predicted molar refractivity (Wildman–Crippen MR) is 77.3 cm³/mol. The third-order valence-corrected chi connectivity index (χ3v) is 3.66. The number of hydrogen-bond acceptors (Lipinski definition) is 5. The summed E-state index contributed by atoms with van der Waals surface area (Å²) in [5.74, 6) is -1.16. The van der Waals surface area contributed by atoms with Gasteiger partial charge >= 0.3 is 5.97 Å². The van der Waals surface area contributed by atoms with E-state index in [-0.39, 0.29) is 23.4 Å². The fourth-order valence-corrected chi connectivity index (χ4v) is 2.80. The van der Waals surface area contributed by atoms with E-state index in [9.17, 15) is 14.4 Å². The molecule has 20 heavy (non-hydrogen) atoms. The lowest BCUT2D eigenvalue weighted by Crippen LogP contribution is -2.29. The summed E-state index contributed by atoms with van der Waals surface area (Å²) in [6.45, 7) is 6.68. The molecule has 2 amide bonds. The number of anilines is 1. The van der Waals surface area contributed by atoms with Crippen LogP contribution >= 0.6 is 11.3 Å². The first-order chi connectivity index (χ1) is 9.27. The first-order valence-electron chi connectivity index (χ1n) is 6.08. The lowest BCUT2D eigenvalue weighted by molar-refractivity contribution is -0.114. The Morgan fingerprint density at radius 2 is 1.85 bits per heavy atom. The van der Waals surface area contributed by atoms with Crippen LogP contribution in [0.1, 0.15) is 46.4 Å². The molecule has 2 N–H and O–H groups in total. The van der Waals surface area contributed by atoms with Crippen LogP contribution in [0.5, 0.6) is 0 Å². The summed E-state index contributed by atoms with van der Waals surface area (Å²) in [6, 6.07) is -0.0187. The number of thiophene rings is 1. The maximum Gasteiger partial charge on any atom is 0.341 e. The van der Waals surface area contributed by atoms with Gasteiger partial charge in [0.25, 0.3) is 5.91 Å². The molecular weight excluding hydrogens is 280 g/mol. The van der Waals surface area contributed by atoms with Gasteiger partial charge in [-0.3, -0.25) is 9.59 Å². The van der Waals surface area contributed by atoms with Crippen LogP contribution in [0.3, 0.4) is 0 Å². The van der Waals surface area contributed by atoms with E-state index < -0.39 is 5.97 Å².